The fourth-order valence-corrected chi connectivity index (χ4v) is 3.04. The first kappa shape index (κ1) is 21.3. The van der Waals surface area contributed by atoms with Crippen LogP contribution in [-0.2, 0) is 4.74 Å². The van der Waals surface area contributed by atoms with Crippen LogP contribution in [0.4, 0.5) is 5.69 Å². The zero-order chi connectivity index (χ0) is 21.2. The molecule has 0 aromatic heterocycles. The van der Waals surface area contributed by atoms with Crippen LogP contribution in [0, 0.1) is 11.3 Å². The molecule has 0 spiro atoms. The van der Waals surface area contributed by atoms with Gasteiger partial charge >= 0.3 is 0 Å². The van der Waals surface area contributed by atoms with E-state index in [9.17, 15) is 5.11 Å². The van der Waals surface area contributed by atoms with Gasteiger partial charge in [-0.25, -0.2) is 4.99 Å². The van der Waals surface area contributed by atoms with Gasteiger partial charge in [0, 0.05) is 5.56 Å². The molecule has 0 saturated heterocycles. The van der Waals surface area contributed by atoms with E-state index in [1.807, 2.05) is 85.8 Å². The first-order chi connectivity index (χ1) is 14.7. The van der Waals surface area contributed by atoms with Crippen LogP contribution in [0.5, 0.6) is 0 Å². The van der Waals surface area contributed by atoms with Gasteiger partial charge in [-0.05, 0) is 66.8 Å². The Hall–Kier alpha value is -3.42. The summed E-state index contributed by atoms with van der Waals surface area (Å²) < 4.78 is 5.98. The molecule has 4 heteroatoms. The Labute approximate surface area is 178 Å². The summed E-state index contributed by atoms with van der Waals surface area (Å²) in [6, 6.07) is 27.4. The van der Waals surface area contributed by atoms with Crippen LogP contribution < -0.4 is 0 Å². The van der Waals surface area contributed by atoms with E-state index in [4.69, 9.17) is 15.0 Å². The summed E-state index contributed by atoms with van der Waals surface area (Å²) in [6.45, 7) is 2.48. The number of aliphatic hydroxyl groups is 1. The maximum absolute atomic E-state index is 9.72. The highest BCUT2D eigenvalue weighted by molar-refractivity contribution is 5.95. The van der Waals surface area contributed by atoms with Crippen molar-refractivity contribution in [3.8, 4) is 17.2 Å². The highest BCUT2D eigenvalue weighted by Crippen LogP contribution is 2.24. The molecule has 0 aliphatic heterocycles. The monoisotopic (exact) mass is 398 g/mol. The Morgan fingerprint density at radius 3 is 2.20 bits per heavy atom. The lowest BCUT2D eigenvalue weighted by Crippen LogP contribution is -2.10. The zero-order valence-corrected chi connectivity index (χ0v) is 17.2. The van der Waals surface area contributed by atoms with E-state index in [2.05, 4.69) is 6.07 Å². The summed E-state index contributed by atoms with van der Waals surface area (Å²) >= 11 is 0. The van der Waals surface area contributed by atoms with E-state index in [1.54, 1.807) is 0 Å². The highest BCUT2D eigenvalue weighted by atomic mass is 16.5. The minimum atomic E-state index is -0.277. The summed E-state index contributed by atoms with van der Waals surface area (Å²) in [5.41, 5.74) is 4.49. The molecule has 3 aromatic carbocycles. The molecule has 3 aromatic rings. The topological polar surface area (TPSA) is 65.6 Å². The van der Waals surface area contributed by atoms with Gasteiger partial charge in [0.05, 0.1) is 30.0 Å². The number of hydrogen-bond acceptors (Lipinski definition) is 4. The number of aliphatic hydroxyl groups excluding tert-OH is 1. The van der Waals surface area contributed by atoms with Crippen LogP contribution in [0.25, 0.3) is 11.1 Å². The maximum Gasteiger partial charge on any atom is 0.221 e. The quantitative estimate of drug-likeness (QED) is 0.293. The number of aliphatic imine (C=N–C) groups is 1. The molecule has 1 unspecified atom stereocenters. The molecule has 0 heterocycles. The summed E-state index contributed by atoms with van der Waals surface area (Å²) in [7, 11) is 0. The minimum absolute atomic E-state index is 0.277. The molecule has 0 fully saturated rings. The molecule has 1 N–H and O–H groups in total. The largest absolute Gasteiger partial charge is 0.477 e. The highest BCUT2D eigenvalue weighted by Gasteiger charge is 2.07. The van der Waals surface area contributed by atoms with Crippen molar-refractivity contribution in [2.24, 2.45) is 4.99 Å². The summed E-state index contributed by atoms with van der Waals surface area (Å²) in [4.78, 5) is 4.72. The number of nitrogens with zero attached hydrogens (tertiary/aromatic N) is 2. The molecular formula is C26H26N2O2. The SMILES string of the molecule is CCC(O)CCCOC(=Nc1ccc(-c2ccc(C#N)cc2)cc1)c1ccccc1. The van der Waals surface area contributed by atoms with Crippen molar-refractivity contribution in [3.63, 3.8) is 0 Å². The van der Waals surface area contributed by atoms with Crippen LogP contribution in [0.2, 0.25) is 0 Å². The van der Waals surface area contributed by atoms with Crippen molar-refractivity contribution in [1.82, 2.24) is 0 Å². The van der Waals surface area contributed by atoms with Gasteiger partial charge in [0.1, 0.15) is 0 Å². The lowest BCUT2D eigenvalue weighted by molar-refractivity contribution is 0.147. The van der Waals surface area contributed by atoms with Gasteiger partial charge in [-0.3, -0.25) is 0 Å². The number of benzene rings is 3. The molecule has 0 aliphatic carbocycles. The Morgan fingerprint density at radius 2 is 1.60 bits per heavy atom. The average Bonchev–Trinajstić information content (AvgIpc) is 2.82. The standard InChI is InChI=1S/C26H26N2O2/c1-2-25(29)9-6-18-30-26(23-7-4-3-5-8-23)28-24-16-14-22(15-17-24)21-12-10-20(19-27)11-13-21/h3-5,7-8,10-17,25,29H,2,6,9,18H2,1H3. The lowest BCUT2D eigenvalue weighted by Gasteiger charge is -2.11. The minimum Gasteiger partial charge on any atom is -0.477 e. The summed E-state index contributed by atoms with van der Waals surface area (Å²) in [5.74, 6) is 0.577. The zero-order valence-electron chi connectivity index (χ0n) is 17.2. The van der Waals surface area contributed by atoms with Crippen LogP contribution in [0.3, 0.4) is 0 Å². The van der Waals surface area contributed by atoms with Crippen LogP contribution in [0.1, 0.15) is 37.3 Å². The van der Waals surface area contributed by atoms with E-state index in [0.29, 0.717) is 18.1 Å². The lowest BCUT2D eigenvalue weighted by atomic mass is 10.0. The van der Waals surface area contributed by atoms with Gasteiger partial charge in [-0.15, -0.1) is 0 Å². The molecule has 3 rings (SSSR count). The number of hydrogen-bond donors (Lipinski definition) is 1. The first-order valence-corrected chi connectivity index (χ1v) is 10.2. The summed E-state index contributed by atoms with van der Waals surface area (Å²) in [6.07, 6.45) is 1.97. The third-order valence-corrected chi connectivity index (χ3v) is 4.86. The Bertz CT molecular complexity index is 988. The molecule has 0 amide bonds. The van der Waals surface area contributed by atoms with Gasteiger partial charge < -0.3 is 9.84 Å². The van der Waals surface area contributed by atoms with Gasteiger partial charge in [0.2, 0.25) is 5.90 Å². The Balaban J connectivity index is 1.75. The van der Waals surface area contributed by atoms with E-state index in [0.717, 1.165) is 41.6 Å². The second-order valence-corrected chi connectivity index (χ2v) is 7.07. The molecule has 0 saturated carbocycles. The predicted octanol–water partition coefficient (Wildman–Crippen LogP) is 5.87. The number of rotatable bonds is 8. The van der Waals surface area contributed by atoms with Crippen molar-refractivity contribution in [2.75, 3.05) is 6.61 Å². The fourth-order valence-electron chi connectivity index (χ4n) is 3.04. The maximum atomic E-state index is 9.72. The molecule has 4 nitrogen and oxygen atoms in total. The van der Waals surface area contributed by atoms with Crippen molar-refractivity contribution in [2.45, 2.75) is 32.3 Å². The summed E-state index contributed by atoms with van der Waals surface area (Å²) in [5, 5.41) is 18.7. The molecule has 30 heavy (non-hydrogen) atoms. The fraction of sp³-hybridized carbons (Fsp3) is 0.231. The van der Waals surface area contributed by atoms with Crippen LogP contribution >= 0.6 is 0 Å². The Kier molecular flexibility index (Phi) is 7.77. The second kappa shape index (κ2) is 10.9. The third-order valence-electron chi connectivity index (χ3n) is 4.86. The average molecular weight is 399 g/mol. The molecule has 0 bridgehead atoms. The van der Waals surface area contributed by atoms with E-state index in [1.165, 1.54) is 0 Å². The van der Waals surface area contributed by atoms with E-state index in [-0.39, 0.29) is 6.10 Å². The van der Waals surface area contributed by atoms with Crippen molar-refractivity contribution in [1.29, 1.82) is 5.26 Å². The number of ether oxygens (including phenoxy) is 1. The molecule has 0 aliphatic rings. The molecule has 1 atom stereocenters. The van der Waals surface area contributed by atoms with Crippen molar-refractivity contribution in [3.05, 3.63) is 90.0 Å². The predicted molar refractivity (Wildman–Crippen MR) is 121 cm³/mol. The second-order valence-electron chi connectivity index (χ2n) is 7.07. The van der Waals surface area contributed by atoms with Crippen LogP contribution in [-0.4, -0.2) is 23.7 Å². The molecule has 0 radical (unpaired) electrons. The van der Waals surface area contributed by atoms with Gasteiger partial charge in [-0.1, -0.05) is 49.4 Å². The van der Waals surface area contributed by atoms with Crippen molar-refractivity contribution < 1.29 is 9.84 Å². The third kappa shape index (κ3) is 6.04. The molecular weight excluding hydrogens is 372 g/mol. The van der Waals surface area contributed by atoms with E-state index < -0.39 is 0 Å². The first-order valence-electron chi connectivity index (χ1n) is 10.2. The van der Waals surface area contributed by atoms with Gasteiger partial charge in [0.15, 0.2) is 0 Å². The smallest absolute Gasteiger partial charge is 0.221 e. The van der Waals surface area contributed by atoms with Gasteiger partial charge in [-0.2, -0.15) is 5.26 Å². The number of nitriles is 1. The normalized spacial score (nSPS) is 12.2. The van der Waals surface area contributed by atoms with Gasteiger partial charge in [0.25, 0.3) is 0 Å². The van der Waals surface area contributed by atoms with Crippen molar-refractivity contribution >= 4 is 11.6 Å². The molecule has 152 valence electrons. The van der Waals surface area contributed by atoms with Crippen LogP contribution in [0.15, 0.2) is 83.9 Å². The Morgan fingerprint density at radius 1 is 0.967 bits per heavy atom. The van der Waals surface area contributed by atoms with E-state index >= 15 is 0 Å².